The molecule has 7 heteroatoms. The van der Waals surface area contributed by atoms with E-state index in [4.69, 9.17) is 0 Å². The molecule has 2 N–H and O–H groups in total. The molecule has 0 fully saturated rings. The van der Waals surface area contributed by atoms with Gasteiger partial charge in [-0.3, -0.25) is 4.79 Å². The van der Waals surface area contributed by atoms with E-state index in [1.165, 1.54) is 23.3 Å². The largest absolute Gasteiger partial charge is 0.393 e. The standard InChI is InChI=1S/C26H30N2O4S.C2H6/c1-19(29)24(15-21-13-22-7-5-6-8-23(22)14-21)18-28-12-11-20(17-28)16-26(30)27-33(31,32)25-9-3-2-4-10-25;1-2/h2-12,17,19,21,24,29H,13-16,18H2,1H3,(H,27,30);1-2H3/t19-,24+;/m1./s1. The van der Waals surface area contributed by atoms with E-state index in [1.807, 2.05) is 43.8 Å². The third kappa shape index (κ3) is 7.29. The average Bonchev–Trinajstić information content (AvgIpc) is 3.46. The molecule has 1 heterocycles. The van der Waals surface area contributed by atoms with Crippen molar-refractivity contribution in [1.82, 2.24) is 9.29 Å². The fourth-order valence-electron chi connectivity index (χ4n) is 4.68. The molecule has 1 aromatic heterocycles. The maximum atomic E-state index is 12.3. The van der Waals surface area contributed by atoms with E-state index in [9.17, 15) is 18.3 Å². The Morgan fingerprint density at radius 2 is 1.63 bits per heavy atom. The first-order valence-corrected chi connectivity index (χ1v) is 13.8. The van der Waals surface area contributed by atoms with Crippen LogP contribution in [0.1, 0.15) is 43.9 Å². The molecule has 1 aliphatic rings. The topological polar surface area (TPSA) is 88.4 Å². The maximum Gasteiger partial charge on any atom is 0.264 e. The van der Waals surface area contributed by atoms with Crippen LogP contribution in [-0.4, -0.2) is 30.1 Å². The third-order valence-corrected chi connectivity index (χ3v) is 7.77. The van der Waals surface area contributed by atoms with Crippen molar-refractivity contribution in [3.05, 3.63) is 89.7 Å². The number of hydrogen-bond donors (Lipinski definition) is 2. The number of sulfonamides is 1. The Morgan fingerprint density at radius 1 is 1.03 bits per heavy atom. The molecule has 0 bridgehead atoms. The van der Waals surface area contributed by atoms with Crippen LogP contribution in [0.4, 0.5) is 0 Å². The molecule has 2 aromatic carbocycles. The molecule has 3 aromatic rings. The number of hydrogen-bond acceptors (Lipinski definition) is 4. The molecule has 0 saturated carbocycles. The molecule has 35 heavy (non-hydrogen) atoms. The summed E-state index contributed by atoms with van der Waals surface area (Å²) in [5.41, 5.74) is 3.55. The second kappa shape index (κ2) is 12.2. The van der Waals surface area contributed by atoms with Crippen LogP contribution in [0.5, 0.6) is 0 Å². The van der Waals surface area contributed by atoms with Gasteiger partial charge in [0.25, 0.3) is 10.0 Å². The van der Waals surface area contributed by atoms with Crippen LogP contribution in [-0.2, 0) is 40.6 Å². The highest BCUT2D eigenvalue weighted by atomic mass is 32.2. The molecule has 0 spiro atoms. The summed E-state index contributed by atoms with van der Waals surface area (Å²) in [5.74, 6) is 0.0373. The fourth-order valence-corrected chi connectivity index (χ4v) is 5.68. The van der Waals surface area contributed by atoms with E-state index in [-0.39, 0.29) is 17.2 Å². The lowest BCUT2D eigenvalue weighted by atomic mass is 9.89. The molecular formula is C28H36N2O4S. The maximum absolute atomic E-state index is 12.3. The van der Waals surface area contributed by atoms with Gasteiger partial charge in [-0.05, 0) is 67.0 Å². The summed E-state index contributed by atoms with van der Waals surface area (Å²) in [6, 6.07) is 18.2. The van der Waals surface area contributed by atoms with E-state index in [2.05, 4.69) is 29.0 Å². The smallest absolute Gasteiger partial charge is 0.264 e. The molecule has 0 aliphatic heterocycles. The number of rotatable bonds is 9. The zero-order valence-corrected chi connectivity index (χ0v) is 21.5. The Bertz CT molecular complexity index is 1180. The summed E-state index contributed by atoms with van der Waals surface area (Å²) in [4.78, 5) is 12.4. The molecule has 2 atom stereocenters. The van der Waals surface area contributed by atoms with Crippen LogP contribution in [0.3, 0.4) is 0 Å². The van der Waals surface area contributed by atoms with Gasteiger partial charge < -0.3 is 9.67 Å². The minimum Gasteiger partial charge on any atom is -0.393 e. The molecule has 6 nitrogen and oxygen atoms in total. The van der Waals surface area contributed by atoms with Crippen molar-refractivity contribution in [3.63, 3.8) is 0 Å². The van der Waals surface area contributed by atoms with Crippen LogP contribution >= 0.6 is 0 Å². The zero-order valence-electron chi connectivity index (χ0n) is 20.7. The molecule has 1 aliphatic carbocycles. The van der Waals surface area contributed by atoms with E-state index in [0.29, 0.717) is 12.5 Å². The number of amides is 1. The number of carbonyl (C=O) groups is 1. The van der Waals surface area contributed by atoms with Gasteiger partial charge in [-0.2, -0.15) is 0 Å². The van der Waals surface area contributed by atoms with Crippen LogP contribution in [0.25, 0.3) is 0 Å². The number of nitrogens with one attached hydrogen (secondary N) is 1. The summed E-state index contributed by atoms with van der Waals surface area (Å²) in [5, 5.41) is 10.4. The Hall–Kier alpha value is -2.90. The monoisotopic (exact) mass is 496 g/mol. The van der Waals surface area contributed by atoms with E-state index in [1.54, 1.807) is 18.2 Å². The second-order valence-electron chi connectivity index (χ2n) is 9.01. The fraction of sp³-hybridized carbons (Fsp3) is 0.393. The van der Waals surface area contributed by atoms with Crippen LogP contribution in [0.2, 0.25) is 0 Å². The van der Waals surface area contributed by atoms with Gasteiger partial charge in [0, 0.05) is 24.9 Å². The number of carbonyl (C=O) groups excluding carboxylic acids is 1. The SMILES string of the molecule is CC.C[C@@H](O)[C@@H](CC1Cc2ccccc2C1)Cn1ccc(CC(=O)NS(=O)(=O)c2ccccc2)c1. The van der Waals surface area contributed by atoms with Crippen molar-refractivity contribution in [2.24, 2.45) is 11.8 Å². The molecule has 0 unspecified atom stereocenters. The first kappa shape index (κ1) is 26.7. The van der Waals surface area contributed by atoms with Gasteiger partial charge in [-0.1, -0.05) is 56.3 Å². The molecule has 0 saturated heterocycles. The number of aliphatic hydroxyl groups is 1. The van der Waals surface area contributed by atoms with Gasteiger partial charge in [0.15, 0.2) is 0 Å². The summed E-state index contributed by atoms with van der Waals surface area (Å²) in [6.07, 6.45) is 6.28. The number of aliphatic hydroxyl groups excluding tert-OH is 1. The lowest BCUT2D eigenvalue weighted by molar-refractivity contribution is -0.118. The quantitative estimate of drug-likeness (QED) is 0.461. The van der Waals surface area contributed by atoms with Crippen molar-refractivity contribution < 1.29 is 18.3 Å². The number of fused-ring (bicyclic) bond motifs is 1. The number of aromatic nitrogens is 1. The molecule has 0 radical (unpaired) electrons. The van der Waals surface area contributed by atoms with Gasteiger partial charge in [0.05, 0.1) is 17.4 Å². The third-order valence-electron chi connectivity index (χ3n) is 6.38. The van der Waals surface area contributed by atoms with Gasteiger partial charge in [0.1, 0.15) is 0 Å². The van der Waals surface area contributed by atoms with E-state index in [0.717, 1.165) is 24.8 Å². The molecule has 188 valence electrons. The van der Waals surface area contributed by atoms with E-state index < -0.39 is 22.0 Å². The average molecular weight is 497 g/mol. The minimum atomic E-state index is -3.88. The summed E-state index contributed by atoms with van der Waals surface area (Å²) in [6.45, 7) is 6.48. The first-order chi connectivity index (χ1) is 16.8. The minimum absolute atomic E-state index is 0.0314. The van der Waals surface area contributed by atoms with Crippen LogP contribution in [0, 0.1) is 11.8 Å². The highest BCUT2D eigenvalue weighted by Crippen LogP contribution is 2.32. The van der Waals surface area contributed by atoms with Crippen LogP contribution in [0.15, 0.2) is 78.0 Å². The predicted molar refractivity (Wildman–Crippen MR) is 138 cm³/mol. The van der Waals surface area contributed by atoms with Gasteiger partial charge >= 0.3 is 0 Å². The first-order valence-electron chi connectivity index (χ1n) is 12.3. The Kier molecular flexibility index (Phi) is 9.29. The normalized spacial score (nSPS) is 15.0. The van der Waals surface area contributed by atoms with Crippen molar-refractivity contribution in [1.29, 1.82) is 0 Å². The molecule has 1 amide bonds. The van der Waals surface area contributed by atoms with Crippen molar-refractivity contribution in [2.45, 2.75) is 64.0 Å². The highest BCUT2D eigenvalue weighted by Gasteiger charge is 2.26. The summed E-state index contributed by atoms with van der Waals surface area (Å²) >= 11 is 0. The van der Waals surface area contributed by atoms with Crippen molar-refractivity contribution >= 4 is 15.9 Å². The predicted octanol–water partition coefficient (Wildman–Crippen LogP) is 4.36. The van der Waals surface area contributed by atoms with Gasteiger partial charge in [-0.15, -0.1) is 0 Å². The highest BCUT2D eigenvalue weighted by molar-refractivity contribution is 7.90. The van der Waals surface area contributed by atoms with Gasteiger partial charge in [0.2, 0.25) is 5.91 Å². The van der Waals surface area contributed by atoms with Crippen molar-refractivity contribution in [2.75, 3.05) is 0 Å². The van der Waals surface area contributed by atoms with E-state index >= 15 is 0 Å². The van der Waals surface area contributed by atoms with Crippen LogP contribution < -0.4 is 4.72 Å². The van der Waals surface area contributed by atoms with Gasteiger partial charge in [-0.25, -0.2) is 13.1 Å². The zero-order chi connectivity index (χ0) is 25.4. The van der Waals surface area contributed by atoms with Crippen molar-refractivity contribution in [3.8, 4) is 0 Å². The lowest BCUT2D eigenvalue weighted by Crippen LogP contribution is -2.31. The summed E-state index contributed by atoms with van der Waals surface area (Å²) < 4.78 is 28.8. The molecular weight excluding hydrogens is 460 g/mol. The Balaban J connectivity index is 0.00000167. The number of nitrogens with zero attached hydrogens (tertiary/aromatic N) is 1. The Morgan fingerprint density at radius 3 is 2.23 bits per heavy atom. The number of benzene rings is 2. The lowest BCUT2D eigenvalue weighted by Gasteiger charge is -2.24. The second-order valence-corrected chi connectivity index (χ2v) is 10.7. The molecule has 4 rings (SSSR count). The summed E-state index contributed by atoms with van der Waals surface area (Å²) in [7, 11) is -3.88. The Labute approximate surface area is 209 Å².